The van der Waals surface area contributed by atoms with Crippen molar-refractivity contribution in [1.82, 2.24) is 9.29 Å². The highest BCUT2D eigenvalue weighted by molar-refractivity contribution is 7.90. The Morgan fingerprint density at radius 1 is 1.21 bits per heavy atom. The van der Waals surface area contributed by atoms with Crippen LogP contribution in [0.4, 0.5) is 0 Å². The highest BCUT2D eigenvalue weighted by Gasteiger charge is 2.22. The van der Waals surface area contributed by atoms with E-state index in [-0.39, 0.29) is 11.3 Å². The second-order valence-electron chi connectivity index (χ2n) is 5.66. The Hall–Kier alpha value is -2.54. The van der Waals surface area contributed by atoms with Crippen LogP contribution in [0, 0.1) is 6.92 Å². The topological polar surface area (TPSA) is 81.3 Å². The number of hydrogen-bond acceptors (Lipinski definition) is 4. The SMILES string of the molecule is Cc1ccc(CCC(=O)NS(=O)(=O)c2cn(C)c3ccccc23)o1. The molecule has 0 fully saturated rings. The summed E-state index contributed by atoms with van der Waals surface area (Å²) >= 11 is 0. The summed E-state index contributed by atoms with van der Waals surface area (Å²) in [7, 11) is -2.15. The highest BCUT2D eigenvalue weighted by Crippen LogP contribution is 2.24. The zero-order valence-corrected chi connectivity index (χ0v) is 14.3. The van der Waals surface area contributed by atoms with Crippen LogP contribution in [0.1, 0.15) is 17.9 Å². The number of fused-ring (bicyclic) bond motifs is 1. The van der Waals surface area contributed by atoms with E-state index in [0.29, 0.717) is 17.6 Å². The molecule has 0 spiro atoms. The third-order valence-electron chi connectivity index (χ3n) is 3.79. The molecule has 3 aromatic rings. The molecule has 0 unspecified atom stereocenters. The minimum absolute atomic E-state index is 0.0386. The first kappa shape index (κ1) is 16.3. The van der Waals surface area contributed by atoms with Crippen molar-refractivity contribution in [1.29, 1.82) is 0 Å². The molecular formula is C17H18N2O4S. The first-order chi connectivity index (χ1) is 11.4. The smallest absolute Gasteiger partial charge is 0.266 e. The van der Waals surface area contributed by atoms with Gasteiger partial charge in [0.25, 0.3) is 10.0 Å². The van der Waals surface area contributed by atoms with Crippen molar-refractivity contribution in [3.05, 3.63) is 54.1 Å². The van der Waals surface area contributed by atoms with Gasteiger partial charge in [-0.3, -0.25) is 4.79 Å². The molecule has 0 aliphatic rings. The summed E-state index contributed by atoms with van der Waals surface area (Å²) in [5.74, 6) is 0.857. The Bertz CT molecular complexity index is 999. The van der Waals surface area contributed by atoms with E-state index in [4.69, 9.17) is 4.42 Å². The van der Waals surface area contributed by atoms with Crippen molar-refractivity contribution in [3.8, 4) is 0 Å². The van der Waals surface area contributed by atoms with Crippen LogP contribution in [0.5, 0.6) is 0 Å². The minimum atomic E-state index is -3.92. The lowest BCUT2D eigenvalue weighted by atomic mass is 10.2. The van der Waals surface area contributed by atoms with Crippen LogP contribution in [0.25, 0.3) is 10.9 Å². The normalized spacial score (nSPS) is 11.8. The van der Waals surface area contributed by atoms with Crippen LogP contribution in [0.3, 0.4) is 0 Å². The molecule has 1 amide bonds. The van der Waals surface area contributed by atoms with Crippen molar-refractivity contribution in [3.63, 3.8) is 0 Å². The summed E-state index contributed by atoms with van der Waals surface area (Å²) in [5, 5.41) is 0.585. The van der Waals surface area contributed by atoms with Crippen molar-refractivity contribution >= 4 is 26.8 Å². The Balaban J connectivity index is 1.76. The lowest BCUT2D eigenvalue weighted by molar-refractivity contribution is -0.119. The fourth-order valence-electron chi connectivity index (χ4n) is 2.63. The Kier molecular flexibility index (Phi) is 4.19. The fourth-order valence-corrected chi connectivity index (χ4v) is 3.90. The van der Waals surface area contributed by atoms with Gasteiger partial charge in [-0.05, 0) is 25.1 Å². The fraction of sp³-hybridized carbons (Fsp3) is 0.235. The van der Waals surface area contributed by atoms with Gasteiger partial charge < -0.3 is 8.98 Å². The number of hydrogen-bond donors (Lipinski definition) is 1. The van der Waals surface area contributed by atoms with Gasteiger partial charge in [-0.1, -0.05) is 18.2 Å². The predicted molar refractivity (Wildman–Crippen MR) is 90.0 cm³/mol. The summed E-state index contributed by atoms with van der Waals surface area (Å²) in [5.41, 5.74) is 0.788. The summed E-state index contributed by atoms with van der Waals surface area (Å²) < 4.78 is 34.3. The number of nitrogens with one attached hydrogen (secondary N) is 1. The van der Waals surface area contributed by atoms with E-state index < -0.39 is 15.9 Å². The maximum atomic E-state index is 12.5. The third-order valence-corrected chi connectivity index (χ3v) is 5.19. The van der Waals surface area contributed by atoms with E-state index in [1.807, 2.05) is 19.1 Å². The van der Waals surface area contributed by atoms with Gasteiger partial charge in [-0.25, -0.2) is 13.1 Å². The molecule has 24 heavy (non-hydrogen) atoms. The molecule has 0 atom stereocenters. The van der Waals surface area contributed by atoms with Crippen LogP contribution < -0.4 is 4.72 Å². The average Bonchev–Trinajstić information content (AvgIpc) is 3.10. The molecule has 126 valence electrons. The highest BCUT2D eigenvalue weighted by atomic mass is 32.2. The molecule has 1 N–H and O–H groups in total. The Labute approximate surface area is 140 Å². The molecule has 0 radical (unpaired) electrons. The lowest BCUT2D eigenvalue weighted by Crippen LogP contribution is -2.30. The molecular weight excluding hydrogens is 328 g/mol. The number of benzene rings is 1. The Morgan fingerprint density at radius 3 is 2.67 bits per heavy atom. The number of aromatic nitrogens is 1. The molecule has 0 aliphatic carbocycles. The zero-order valence-electron chi connectivity index (χ0n) is 13.4. The number of carbonyl (C=O) groups excluding carboxylic acids is 1. The first-order valence-corrected chi connectivity index (χ1v) is 9.00. The van der Waals surface area contributed by atoms with Gasteiger partial charge in [-0.2, -0.15) is 0 Å². The van der Waals surface area contributed by atoms with Crippen molar-refractivity contribution in [2.45, 2.75) is 24.7 Å². The van der Waals surface area contributed by atoms with Gasteiger partial charge in [0.15, 0.2) is 0 Å². The van der Waals surface area contributed by atoms with Crippen molar-refractivity contribution < 1.29 is 17.6 Å². The minimum Gasteiger partial charge on any atom is -0.466 e. The molecule has 7 heteroatoms. The number of rotatable bonds is 5. The van der Waals surface area contributed by atoms with Gasteiger partial charge in [0.2, 0.25) is 5.91 Å². The Morgan fingerprint density at radius 2 is 1.96 bits per heavy atom. The van der Waals surface area contributed by atoms with Gasteiger partial charge in [-0.15, -0.1) is 0 Å². The molecule has 2 heterocycles. The molecule has 2 aromatic heterocycles. The number of aryl methyl sites for hydroxylation is 3. The summed E-state index contributed by atoms with van der Waals surface area (Å²) in [6.07, 6.45) is 1.90. The lowest BCUT2D eigenvalue weighted by Gasteiger charge is -2.05. The summed E-state index contributed by atoms with van der Waals surface area (Å²) in [4.78, 5) is 12.1. The summed E-state index contributed by atoms with van der Waals surface area (Å²) in [6.45, 7) is 1.81. The molecule has 1 aromatic carbocycles. The van der Waals surface area contributed by atoms with Gasteiger partial charge >= 0.3 is 0 Å². The van der Waals surface area contributed by atoms with Crippen LogP contribution in [-0.4, -0.2) is 18.9 Å². The maximum Gasteiger partial charge on any atom is 0.266 e. The number of para-hydroxylation sites is 1. The standard InChI is InChI=1S/C17H18N2O4S/c1-12-7-8-13(23-12)9-10-17(20)18-24(21,22)16-11-19(2)15-6-4-3-5-14(15)16/h3-8,11H,9-10H2,1-2H3,(H,18,20). The zero-order chi connectivity index (χ0) is 17.3. The largest absolute Gasteiger partial charge is 0.466 e. The van der Waals surface area contributed by atoms with E-state index in [1.165, 1.54) is 6.20 Å². The quantitative estimate of drug-likeness (QED) is 0.770. The number of sulfonamides is 1. The summed E-state index contributed by atoms with van der Waals surface area (Å²) in [6, 6.07) is 10.7. The number of nitrogens with zero attached hydrogens (tertiary/aromatic N) is 1. The van der Waals surface area contributed by atoms with Crippen LogP contribution in [-0.2, 0) is 28.3 Å². The van der Waals surface area contributed by atoms with Gasteiger partial charge in [0.05, 0.1) is 0 Å². The second kappa shape index (κ2) is 6.16. The number of furan rings is 1. The average molecular weight is 346 g/mol. The number of carbonyl (C=O) groups is 1. The third kappa shape index (κ3) is 3.21. The predicted octanol–water partition coefficient (Wildman–Crippen LogP) is 2.52. The van der Waals surface area contributed by atoms with E-state index in [0.717, 1.165) is 11.3 Å². The maximum absolute atomic E-state index is 12.5. The van der Waals surface area contributed by atoms with Crippen LogP contribution in [0.15, 0.2) is 51.9 Å². The van der Waals surface area contributed by atoms with Crippen molar-refractivity contribution in [2.75, 3.05) is 0 Å². The van der Waals surface area contributed by atoms with E-state index in [1.54, 1.807) is 35.9 Å². The van der Waals surface area contributed by atoms with Gasteiger partial charge in [0.1, 0.15) is 16.4 Å². The molecule has 0 aliphatic heterocycles. The molecule has 3 rings (SSSR count). The van der Waals surface area contributed by atoms with Crippen LogP contribution >= 0.6 is 0 Å². The molecule has 0 bridgehead atoms. The molecule has 0 saturated heterocycles. The second-order valence-corrected chi connectivity index (χ2v) is 7.31. The van der Waals surface area contributed by atoms with Crippen LogP contribution in [0.2, 0.25) is 0 Å². The van der Waals surface area contributed by atoms with E-state index in [9.17, 15) is 13.2 Å². The van der Waals surface area contributed by atoms with E-state index in [2.05, 4.69) is 4.72 Å². The van der Waals surface area contributed by atoms with Crippen molar-refractivity contribution in [2.24, 2.45) is 7.05 Å². The first-order valence-electron chi connectivity index (χ1n) is 7.52. The molecule has 6 nitrogen and oxygen atoms in total. The van der Waals surface area contributed by atoms with Gasteiger partial charge in [0, 0.05) is 37.0 Å². The monoisotopic (exact) mass is 346 g/mol. The number of amides is 1. The molecule has 0 saturated carbocycles. The van der Waals surface area contributed by atoms with E-state index >= 15 is 0 Å².